The van der Waals surface area contributed by atoms with E-state index in [0.29, 0.717) is 5.92 Å². The molecule has 0 saturated carbocycles. The second-order valence-corrected chi connectivity index (χ2v) is 4.55. The fraction of sp³-hybridized carbons (Fsp3) is 0.455. The van der Waals surface area contributed by atoms with Crippen molar-refractivity contribution in [1.29, 1.82) is 0 Å². The Balaban J connectivity index is 3.01. The smallest absolute Gasteiger partial charge is 0.124 e. The molecular formula is C11H16BrFN2. The summed E-state index contributed by atoms with van der Waals surface area (Å²) >= 11 is 3.35. The lowest BCUT2D eigenvalue weighted by atomic mass is 9.93. The van der Waals surface area contributed by atoms with Gasteiger partial charge in [-0.2, -0.15) is 0 Å². The number of nitrogens with one attached hydrogen (secondary N) is 1. The Labute approximate surface area is 98.1 Å². The highest BCUT2D eigenvalue weighted by Crippen LogP contribution is 2.30. The lowest BCUT2D eigenvalue weighted by molar-refractivity contribution is 0.381. The van der Waals surface area contributed by atoms with Crippen LogP contribution in [0.15, 0.2) is 22.7 Å². The van der Waals surface area contributed by atoms with Crippen molar-refractivity contribution in [2.45, 2.75) is 26.3 Å². The molecule has 0 aliphatic carbocycles. The van der Waals surface area contributed by atoms with E-state index in [1.54, 1.807) is 6.07 Å². The minimum Gasteiger partial charge on any atom is -0.271 e. The summed E-state index contributed by atoms with van der Waals surface area (Å²) in [4.78, 5) is 0. The normalized spacial score (nSPS) is 15.0. The van der Waals surface area contributed by atoms with Gasteiger partial charge in [0.15, 0.2) is 0 Å². The predicted octanol–water partition coefficient (Wildman–Crippen LogP) is 3.14. The molecule has 2 unspecified atom stereocenters. The Morgan fingerprint density at radius 3 is 2.67 bits per heavy atom. The van der Waals surface area contributed by atoms with Crippen molar-refractivity contribution in [3.63, 3.8) is 0 Å². The van der Waals surface area contributed by atoms with Crippen LogP contribution in [0.3, 0.4) is 0 Å². The summed E-state index contributed by atoms with van der Waals surface area (Å²) in [6, 6.07) is 4.72. The van der Waals surface area contributed by atoms with Crippen LogP contribution in [0.1, 0.15) is 31.9 Å². The second kappa shape index (κ2) is 5.58. The average Bonchev–Trinajstić information content (AvgIpc) is 2.21. The van der Waals surface area contributed by atoms with Crippen LogP contribution in [0.25, 0.3) is 0 Å². The van der Waals surface area contributed by atoms with E-state index in [1.807, 2.05) is 0 Å². The Morgan fingerprint density at radius 2 is 2.20 bits per heavy atom. The fourth-order valence-electron chi connectivity index (χ4n) is 1.55. The second-order valence-electron chi connectivity index (χ2n) is 3.70. The van der Waals surface area contributed by atoms with Gasteiger partial charge in [0.2, 0.25) is 0 Å². The zero-order valence-corrected chi connectivity index (χ0v) is 10.5. The van der Waals surface area contributed by atoms with Crippen molar-refractivity contribution in [3.05, 3.63) is 34.1 Å². The third-order valence-corrected chi connectivity index (χ3v) is 3.38. The molecule has 0 spiro atoms. The van der Waals surface area contributed by atoms with Crippen LogP contribution in [-0.2, 0) is 0 Å². The zero-order valence-electron chi connectivity index (χ0n) is 8.93. The van der Waals surface area contributed by atoms with Gasteiger partial charge in [-0.3, -0.25) is 11.3 Å². The molecule has 4 heteroatoms. The molecule has 0 radical (unpaired) electrons. The van der Waals surface area contributed by atoms with Crippen molar-refractivity contribution in [3.8, 4) is 0 Å². The highest BCUT2D eigenvalue weighted by molar-refractivity contribution is 9.10. The number of nitrogens with two attached hydrogens (primary N) is 1. The molecule has 0 bridgehead atoms. The number of hydrogen-bond acceptors (Lipinski definition) is 2. The Bertz CT molecular complexity index is 330. The van der Waals surface area contributed by atoms with E-state index in [9.17, 15) is 4.39 Å². The Kier molecular flexibility index (Phi) is 4.70. The molecule has 1 aromatic rings. The van der Waals surface area contributed by atoms with Gasteiger partial charge < -0.3 is 0 Å². The fourth-order valence-corrected chi connectivity index (χ4v) is 2.15. The summed E-state index contributed by atoms with van der Waals surface area (Å²) in [5.74, 6) is 5.68. The van der Waals surface area contributed by atoms with Crippen LogP contribution in [0.4, 0.5) is 4.39 Å². The first-order chi connectivity index (χ1) is 7.10. The van der Waals surface area contributed by atoms with Gasteiger partial charge in [-0.05, 0) is 23.6 Å². The van der Waals surface area contributed by atoms with Crippen LogP contribution in [0.5, 0.6) is 0 Å². The van der Waals surface area contributed by atoms with E-state index in [2.05, 4.69) is 35.2 Å². The number of halogens is 2. The SMILES string of the molecule is CCC(C)C(NN)c1ccc(F)cc1Br. The van der Waals surface area contributed by atoms with Crippen molar-refractivity contribution in [2.75, 3.05) is 0 Å². The molecule has 0 aliphatic rings. The molecule has 1 aromatic carbocycles. The van der Waals surface area contributed by atoms with E-state index in [0.717, 1.165) is 16.5 Å². The van der Waals surface area contributed by atoms with Gasteiger partial charge in [-0.25, -0.2) is 4.39 Å². The van der Waals surface area contributed by atoms with Crippen LogP contribution < -0.4 is 11.3 Å². The van der Waals surface area contributed by atoms with Crippen LogP contribution >= 0.6 is 15.9 Å². The largest absolute Gasteiger partial charge is 0.271 e. The third kappa shape index (κ3) is 3.00. The van der Waals surface area contributed by atoms with Crippen LogP contribution in [-0.4, -0.2) is 0 Å². The molecule has 15 heavy (non-hydrogen) atoms. The van der Waals surface area contributed by atoms with E-state index >= 15 is 0 Å². The highest BCUT2D eigenvalue weighted by atomic mass is 79.9. The lowest BCUT2D eigenvalue weighted by Crippen LogP contribution is -2.32. The summed E-state index contributed by atoms with van der Waals surface area (Å²) in [6.45, 7) is 4.22. The molecule has 84 valence electrons. The quantitative estimate of drug-likeness (QED) is 0.654. The van der Waals surface area contributed by atoms with Gasteiger partial charge in [0.25, 0.3) is 0 Å². The first-order valence-electron chi connectivity index (χ1n) is 5.01. The van der Waals surface area contributed by atoms with Crippen molar-refractivity contribution in [1.82, 2.24) is 5.43 Å². The van der Waals surface area contributed by atoms with E-state index < -0.39 is 0 Å². The topological polar surface area (TPSA) is 38.0 Å². The summed E-state index contributed by atoms with van der Waals surface area (Å²) in [7, 11) is 0. The minimum absolute atomic E-state index is 0.0463. The minimum atomic E-state index is -0.245. The van der Waals surface area contributed by atoms with Gasteiger partial charge in [-0.15, -0.1) is 0 Å². The van der Waals surface area contributed by atoms with Crippen LogP contribution in [0.2, 0.25) is 0 Å². The number of hydrogen-bond donors (Lipinski definition) is 2. The Morgan fingerprint density at radius 1 is 1.53 bits per heavy atom. The van der Waals surface area contributed by atoms with Crippen LogP contribution in [0, 0.1) is 11.7 Å². The monoisotopic (exact) mass is 274 g/mol. The van der Waals surface area contributed by atoms with Gasteiger partial charge in [0.1, 0.15) is 5.82 Å². The first-order valence-corrected chi connectivity index (χ1v) is 5.80. The first kappa shape index (κ1) is 12.6. The molecule has 0 fully saturated rings. The maximum absolute atomic E-state index is 12.9. The van der Waals surface area contributed by atoms with Crippen molar-refractivity contribution < 1.29 is 4.39 Å². The number of rotatable bonds is 4. The molecule has 0 heterocycles. The highest BCUT2D eigenvalue weighted by Gasteiger charge is 2.18. The zero-order chi connectivity index (χ0) is 11.4. The van der Waals surface area contributed by atoms with Crippen molar-refractivity contribution >= 4 is 15.9 Å². The third-order valence-electron chi connectivity index (χ3n) is 2.69. The van der Waals surface area contributed by atoms with E-state index in [1.165, 1.54) is 12.1 Å². The number of hydrazine groups is 1. The molecule has 0 saturated heterocycles. The lowest BCUT2D eigenvalue weighted by Gasteiger charge is -2.23. The van der Waals surface area contributed by atoms with E-state index in [-0.39, 0.29) is 11.9 Å². The molecule has 2 nitrogen and oxygen atoms in total. The average molecular weight is 275 g/mol. The molecular weight excluding hydrogens is 259 g/mol. The summed E-state index contributed by atoms with van der Waals surface area (Å²) in [6.07, 6.45) is 1.01. The van der Waals surface area contributed by atoms with Crippen molar-refractivity contribution in [2.24, 2.45) is 11.8 Å². The summed E-state index contributed by atoms with van der Waals surface area (Å²) in [5.41, 5.74) is 3.77. The van der Waals surface area contributed by atoms with E-state index in [4.69, 9.17) is 5.84 Å². The molecule has 2 atom stereocenters. The predicted molar refractivity (Wildman–Crippen MR) is 63.6 cm³/mol. The summed E-state index contributed by atoms with van der Waals surface area (Å²) in [5, 5.41) is 0. The molecule has 1 rings (SSSR count). The standard InChI is InChI=1S/C11H16BrFN2/c1-3-7(2)11(15-14)9-5-4-8(13)6-10(9)12/h4-7,11,15H,3,14H2,1-2H3. The molecule has 0 amide bonds. The molecule has 3 N–H and O–H groups in total. The Hall–Kier alpha value is -0.450. The van der Waals surface area contributed by atoms with Gasteiger partial charge in [0.05, 0.1) is 0 Å². The molecule has 0 aromatic heterocycles. The number of benzene rings is 1. The maximum atomic E-state index is 12.9. The van der Waals surface area contributed by atoms with Gasteiger partial charge in [-0.1, -0.05) is 42.3 Å². The molecule has 0 aliphatic heterocycles. The maximum Gasteiger partial charge on any atom is 0.124 e. The van der Waals surface area contributed by atoms with Gasteiger partial charge in [0, 0.05) is 10.5 Å². The summed E-state index contributed by atoms with van der Waals surface area (Å²) < 4.78 is 13.7. The van der Waals surface area contributed by atoms with Gasteiger partial charge >= 0.3 is 0 Å².